The van der Waals surface area contributed by atoms with Gasteiger partial charge in [0.05, 0.1) is 24.9 Å². The van der Waals surface area contributed by atoms with Crippen molar-refractivity contribution in [1.29, 1.82) is 0 Å². The second kappa shape index (κ2) is 14.9. The first-order valence-electron chi connectivity index (χ1n) is 23.4. The molecule has 3 aromatic heterocycles. The van der Waals surface area contributed by atoms with E-state index in [0.717, 1.165) is 60.9 Å². The lowest BCUT2D eigenvalue weighted by atomic mass is 9.98. The Kier molecular flexibility index (Phi) is 7.25. The van der Waals surface area contributed by atoms with Crippen molar-refractivity contribution in [3.63, 3.8) is 0 Å². The summed E-state index contributed by atoms with van der Waals surface area (Å²) >= 11 is 1.22. The lowest BCUT2D eigenvalue weighted by Gasteiger charge is -2.17. The summed E-state index contributed by atoms with van der Waals surface area (Å²) in [6, 6.07) is 59.5. The largest absolute Gasteiger partial charge is 0.309 e. The second-order valence-electron chi connectivity index (χ2n) is 15.1. The van der Waals surface area contributed by atoms with Crippen molar-refractivity contribution in [2.75, 3.05) is 0 Å². The Morgan fingerprint density at radius 3 is 1.45 bits per heavy atom. The smallest absolute Gasteiger partial charge is 0.164 e. The van der Waals surface area contributed by atoms with Crippen LogP contribution >= 0.6 is 11.3 Å². The van der Waals surface area contributed by atoms with Gasteiger partial charge in [0.2, 0.25) is 0 Å². The molecule has 12 aromatic rings. The number of benzene rings is 9. The predicted molar refractivity (Wildman–Crippen MR) is 260 cm³/mol. The quantitative estimate of drug-likeness (QED) is 0.161. The lowest BCUT2D eigenvalue weighted by Crippen LogP contribution is -2.02. The number of fused-ring (bicyclic) bond motifs is 6. The monoisotopic (exact) mass is 814 g/mol. The number of thiophene rings is 1. The van der Waals surface area contributed by atoms with Crippen molar-refractivity contribution >= 4 is 53.3 Å². The summed E-state index contributed by atoms with van der Waals surface area (Å²) in [5.74, 6) is 1.34. The first-order valence-corrected chi connectivity index (χ1v) is 21.2. The Morgan fingerprint density at radius 1 is 0.371 bits per heavy atom. The lowest BCUT2D eigenvalue weighted by molar-refractivity contribution is 1.07. The molecule has 0 aliphatic rings. The third-order valence-electron chi connectivity index (χ3n) is 11.5. The molecular weight excluding hydrogens is 773 g/mol. The van der Waals surface area contributed by atoms with Gasteiger partial charge in [0.15, 0.2) is 17.5 Å². The molecule has 0 radical (unpaired) electrons. The van der Waals surface area contributed by atoms with Gasteiger partial charge in [-0.05, 0) is 58.6 Å². The van der Waals surface area contributed by atoms with Crippen LogP contribution < -0.4 is 0 Å². The molecule has 5 heteroatoms. The highest BCUT2D eigenvalue weighted by Gasteiger charge is 2.21. The Balaban J connectivity index is 1.13. The zero-order chi connectivity index (χ0) is 46.2. The van der Waals surface area contributed by atoms with Crippen molar-refractivity contribution < 1.29 is 8.22 Å². The van der Waals surface area contributed by atoms with Gasteiger partial charge in [-0.15, -0.1) is 11.3 Å². The van der Waals surface area contributed by atoms with Crippen LogP contribution in [-0.4, -0.2) is 19.5 Å². The van der Waals surface area contributed by atoms with E-state index in [2.05, 4.69) is 77.4 Å². The van der Waals surface area contributed by atoms with E-state index in [1.807, 2.05) is 103 Å². The van der Waals surface area contributed by atoms with Gasteiger partial charge in [-0.3, -0.25) is 0 Å². The molecule has 9 aromatic carbocycles. The van der Waals surface area contributed by atoms with Crippen molar-refractivity contribution in [3.05, 3.63) is 218 Å². The average Bonchev–Trinajstić information content (AvgIpc) is 3.95. The summed E-state index contributed by atoms with van der Waals surface area (Å²) in [5, 5.41) is 2.65. The van der Waals surface area contributed by atoms with E-state index < -0.39 is 0 Å². The van der Waals surface area contributed by atoms with Gasteiger partial charge in [-0.2, -0.15) is 0 Å². The SMILES string of the molecule is [2H]c1cc([2H])c2sc3c(-c4cc(-c5nc(-c6ccc(-c7ccccc7)cc6)nc(-c6ccc(-c7ccccc7)cc6)n5)ccc4-n4c5ccccc5c5ccccc54)c([2H])c([2H])c([2H])c3c2c1[2H]. The fourth-order valence-electron chi connectivity index (χ4n) is 8.46. The van der Waals surface area contributed by atoms with Crippen molar-refractivity contribution in [3.8, 4) is 73.2 Å². The van der Waals surface area contributed by atoms with Crippen LogP contribution in [-0.2, 0) is 0 Å². The summed E-state index contributed by atoms with van der Waals surface area (Å²) in [6.45, 7) is 0. The molecule has 0 N–H and O–H groups in total. The Bertz CT molecular complexity index is 3810. The molecule has 0 atom stereocenters. The van der Waals surface area contributed by atoms with Crippen LogP contribution in [0.25, 0.3) is 115 Å². The maximum Gasteiger partial charge on any atom is 0.164 e. The summed E-state index contributed by atoms with van der Waals surface area (Å²) in [7, 11) is 0. The van der Waals surface area contributed by atoms with Crippen LogP contribution in [0.2, 0.25) is 0 Å². The van der Waals surface area contributed by atoms with Crippen molar-refractivity contribution in [1.82, 2.24) is 19.5 Å². The summed E-state index contributed by atoms with van der Waals surface area (Å²) in [4.78, 5) is 15.4. The minimum absolute atomic E-state index is 0.0563. The topological polar surface area (TPSA) is 43.6 Å². The van der Waals surface area contributed by atoms with Crippen LogP contribution in [0.4, 0.5) is 0 Å². The summed E-state index contributed by atoms with van der Waals surface area (Å²) in [5.41, 5.74) is 10.1. The number of nitrogens with zero attached hydrogens (tertiary/aromatic N) is 4. The van der Waals surface area contributed by atoms with Crippen molar-refractivity contribution in [2.24, 2.45) is 0 Å². The molecule has 0 bridgehead atoms. The van der Waals surface area contributed by atoms with Crippen LogP contribution in [0.5, 0.6) is 0 Å². The molecule has 3 heterocycles. The van der Waals surface area contributed by atoms with Gasteiger partial charge in [0.1, 0.15) is 0 Å². The second-order valence-corrected chi connectivity index (χ2v) is 16.1. The molecule has 4 nitrogen and oxygen atoms in total. The van der Waals surface area contributed by atoms with E-state index in [1.54, 1.807) is 0 Å². The van der Waals surface area contributed by atoms with Crippen molar-refractivity contribution in [2.45, 2.75) is 0 Å². The van der Waals surface area contributed by atoms with Crippen LogP contribution in [0.3, 0.4) is 0 Å². The first kappa shape index (κ1) is 30.1. The van der Waals surface area contributed by atoms with Gasteiger partial charge in [-0.25, -0.2) is 15.0 Å². The first-order chi connectivity index (χ1) is 33.2. The molecule has 12 rings (SSSR count). The third-order valence-corrected chi connectivity index (χ3v) is 12.6. The summed E-state index contributed by atoms with van der Waals surface area (Å²) < 4.78 is 57.6. The van der Waals surface area contributed by atoms with Crippen LogP contribution in [0.1, 0.15) is 8.22 Å². The van der Waals surface area contributed by atoms with E-state index in [1.165, 1.54) is 17.4 Å². The summed E-state index contributed by atoms with van der Waals surface area (Å²) in [6.07, 6.45) is 0. The minimum Gasteiger partial charge on any atom is -0.309 e. The maximum atomic E-state index is 9.67. The van der Waals surface area contributed by atoms with Crippen LogP contribution in [0.15, 0.2) is 218 Å². The molecule has 0 saturated heterocycles. The highest BCUT2D eigenvalue weighted by Crippen LogP contribution is 2.44. The highest BCUT2D eigenvalue weighted by molar-refractivity contribution is 7.26. The zero-order valence-electron chi connectivity index (χ0n) is 39.0. The molecule has 0 aliphatic carbocycles. The van der Waals surface area contributed by atoms with E-state index in [4.69, 9.17) is 19.1 Å². The van der Waals surface area contributed by atoms with Gasteiger partial charge >= 0.3 is 0 Å². The normalized spacial score (nSPS) is 12.9. The van der Waals surface area contributed by atoms with Crippen LogP contribution in [0, 0.1) is 0 Å². The number of hydrogen-bond acceptors (Lipinski definition) is 4. The van der Waals surface area contributed by atoms with Gasteiger partial charge in [-0.1, -0.05) is 182 Å². The number of aromatic nitrogens is 4. The van der Waals surface area contributed by atoms with Gasteiger partial charge < -0.3 is 4.57 Å². The third kappa shape index (κ3) is 6.18. The van der Waals surface area contributed by atoms with E-state index in [-0.39, 0.29) is 47.0 Å². The number of para-hydroxylation sites is 2. The predicted octanol–water partition coefficient (Wildman–Crippen LogP) is 15.3. The molecule has 0 amide bonds. The molecule has 290 valence electrons. The molecule has 0 unspecified atom stereocenters. The van der Waals surface area contributed by atoms with E-state index in [0.29, 0.717) is 43.6 Å². The zero-order valence-corrected chi connectivity index (χ0v) is 33.8. The van der Waals surface area contributed by atoms with E-state index in [9.17, 15) is 4.11 Å². The fourth-order valence-corrected chi connectivity index (χ4v) is 9.56. The minimum atomic E-state index is -0.310. The average molecular weight is 815 g/mol. The number of hydrogen-bond donors (Lipinski definition) is 0. The maximum absolute atomic E-state index is 9.67. The standard InChI is InChI=1S/C57H36N4S/c1-3-14-37(15-4-1)39-26-30-41(31-27-39)55-58-56(42-32-28-40(29-33-42)38-16-5-2-6-17-38)60-57(59-55)43-34-35-52(61-50-23-10-7-18-44(50)45-19-8-11-24-51(45)61)49(36-43)48-22-13-21-47-46-20-9-12-25-53(46)62-54(47)48/h1-36H/i9D,13D,20D,21D,22D,25D. The Morgan fingerprint density at radius 2 is 0.855 bits per heavy atom. The van der Waals surface area contributed by atoms with Gasteiger partial charge in [0, 0.05) is 58.8 Å². The Labute approximate surface area is 371 Å². The molecule has 62 heavy (non-hydrogen) atoms. The van der Waals surface area contributed by atoms with Gasteiger partial charge in [0.25, 0.3) is 0 Å². The number of rotatable bonds is 7. The van der Waals surface area contributed by atoms with E-state index >= 15 is 0 Å². The highest BCUT2D eigenvalue weighted by atomic mass is 32.1. The molecule has 0 saturated carbocycles. The Hall–Kier alpha value is -7.99. The molecule has 0 aliphatic heterocycles. The molecular formula is C57H36N4S. The molecule has 0 spiro atoms. The fraction of sp³-hybridized carbons (Fsp3) is 0. The molecule has 0 fully saturated rings.